The van der Waals surface area contributed by atoms with Crippen molar-refractivity contribution in [3.63, 3.8) is 0 Å². The van der Waals surface area contributed by atoms with Gasteiger partial charge in [0.05, 0.1) is 13.2 Å². The summed E-state index contributed by atoms with van der Waals surface area (Å²) in [6.45, 7) is 0. The maximum absolute atomic E-state index is 12.4. The fraction of sp³-hybridized carbons (Fsp3) is 0.455. The molecule has 0 aromatic heterocycles. The van der Waals surface area contributed by atoms with Crippen LogP contribution in [0.4, 0.5) is 26.3 Å². The second-order valence-corrected chi connectivity index (χ2v) is 3.96. The van der Waals surface area contributed by atoms with Crippen molar-refractivity contribution in [3.8, 4) is 11.5 Å². The van der Waals surface area contributed by atoms with E-state index in [4.69, 9.17) is 15.6 Å². The molecular weight excluding hydrogens is 308 g/mol. The first kappa shape index (κ1) is 17.4. The summed E-state index contributed by atoms with van der Waals surface area (Å²) in [7, 11) is 1.09. The fourth-order valence-electron chi connectivity index (χ4n) is 1.54. The lowest BCUT2D eigenvalue weighted by atomic mass is 10.0. The number of hydrogen-bond acceptors (Lipinski definition) is 4. The summed E-state index contributed by atoms with van der Waals surface area (Å²) in [4.78, 5) is 0. The van der Waals surface area contributed by atoms with E-state index in [0.717, 1.165) is 19.2 Å². The minimum atomic E-state index is -5.04. The van der Waals surface area contributed by atoms with Crippen LogP contribution in [0.2, 0.25) is 0 Å². The molecule has 21 heavy (non-hydrogen) atoms. The number of aliphatic hydroxyl groups excluding tert-OH is 1. The molecule has 0 saturated heterocycles. The Hall–Kier alpha value is -1.68. The van der Waals surface area contributed by atoms with Crippen molar-refractivity contribution in [2.75, 3.05) is 7.11 Å². The second kappa shape index (κ2) is 5.98. The van der Waals surface area contributed by atoms with Crippen molar-refractivity contribution in [1.29, 1.82) is 0 Å². The van der Waals surface area contributed by atoms with Crippen molar-refractivity contribution in [1.82, 2.24) is 0 Å². The summed E-state index contributed by atoms with van der Waals surface area (Å²) >= 11 is 0. The van der Waals surface area contributed by atoms with Gasteiger partial charge >= 0.3 is 12.5 Å². The molecular formula is C11H11F6NO3. The van der Waals surface area contributed by atoms with Gasteiger partial charge in [-0.05, 0) is 18.2 Å². The Morgan fingerprint density at radius 3 is 2.14 bits per heavy atom. The molecule has 0 aliphatic rings. The third kappa shape index (κ3) is 4.67. The Morgan fingerprint density at radius 1 is 1.14 bits per heavy atom. The largest absolute Gasteiger partial charge is 0.573 e. The van der Waals surface area contributed by atoms with Gasteiger partial charge in [-0.3, -0.25) is 0 Å². The summed E-state index contributed by atoms with van der Waals surface area (Å²) in [5, 5.41) is 9.08. The van der Waals surface area contributed by atoms with Crippen molar-refractivity contribution in [3.05, 3.63) is 23.8 Å². The quantitative estimate of drug-likeness (QED) is 0.837. The van der Waals surface area contributed by atoms with Gasteiger partial charge in [-0.1, -0.05) is 0 Å². The molecule has 4 nitrogen and oxygen atoms in total. The number of benzene rings is 1. The third-order valence-electron chi connectivity index (χ3n) is 2.47. The van der Waals surface area contributed by atoms with E-state index >= 15 is 0 Å². The lowest BCUT2D eigenvalue weighted by Crippen LogP contribution is -2.39. The van der Waals surface area contributed by atoms with Crippen LogP contribution in [0.25, 0.3) is 0 Å². The topological polar surface area (TPSA) is 64.7 Å². The van der Waals surface area contributed by atoms with Gasteiger partial charge < -0.3 is 20.3 Å². The van der Waals surface area contributed by atoms with Crippen LogP contribution in [-0.4, -0.2) is 30.9 Å². The van der Waals surface area contributed by atoms with E-state index in [1.54, 1.807) is 0 Å². The molecule has 1 aromatic rings. The number of nitrogens with two attached hydrogens (primary N) is 1. The van der Waals surface area contributed by atoms with E-state index in [1.807, 2.05) is 0 Å². The molecule has 120 valence electrons. The van der Waals surface area contributed by atoms with Crippen molar-refractivity contribution in [2.45, 2.75) is 24.7 Å². The Labute approximate surface area is 115 Å². The zero-order valence-electron chi connectivity index (χ0n) is 10.5. The maximum atomic E-state index is 12.4. The minimum Gasteiger partial charge on any atom is -0.496 e. The van der Waals surface area contributed by atoms with Crippen LogP contribution in [-0.2, 0) is 0 Å². The van der Waals surface area contributed by atoms with E-state index in [0.29, 0.717) is 6.07 Å². The third-order valence-corrected chi connectivity index (χ3v) is 2.47. The Balaban J connectivity index is 3.17. The molecule has 0 heterocycles. The first-order valence-electron chi connectivity index (χ1n) is 5.39. The van der Waals surface area contributed by atoms with Gasteiger partial charge in [0.1, 0.15) is 11.5 Å². The van der Waals surface area contributed by atoms with Crippen LogP contribution in [0.5, 0.6) is 11.5 Å². The highest BCUT2D eigenvalue weighted by Gasteiger charge is 2.43. The summed E-state index contributed by atoms with van der Waals surface area (Å²) in [5.74, 6) is -0.983. The highest BCUT2D eigenvalue weighted by Crippen LogP contribution is 2.36. The first-order valence-corrected chi connectivity index (χ1v) is 5.39. The van der Waals surface area contributed by atoms with Crippen LogP contribution in [0, 0.1) is 0 Å². The highest BCUT2D eigenvalue weighted by molar-refractivity contribution is 5.42. The van der Waals surface area contributed by atoms with Crippen LogP contribution in [0.15, 0.2) is 18.2 Å². The van der Waals surface area contributed by atoms with Gasteiger partial charge in [0.25, 0.3) is 0 Å². The van der Waals surface area contributed by atoms with Crippen LogP contribution in [0.3, 0.4) is 0 Å². The number of rotatable bonds is 4. The average Bonchev–Trinajstić information content (AvgIpc) is 2.34. The lowest BCUT2D eigenvalue weighted by Gasteiger charge is -2.23. The molecule has 3 N–H and O–H groups in total. The second-order valence-electron chi connectivity index (χ2n) is 3.96. The van der Waals surface area contributed by atoms with Gasteiger partial charge in [0.2, 0.25) is 0 Å². The number of halogens is 6. The molecule has 0 fully saturated rings. The maximum Gasteiger partial charge on any atom is 0.573 e. The van der Waals surface area contributed by atoms with Crippen LogP contribution < -0.4 is 15.2 Å². The van der Waals surface area contributed by atoms with E-state index < -0.39 is 36.0 Å². The molecule has 2 atom stereocenters. The van der Waals surface area contributed by atoms with Crippen LogP contribution in [0.1, 0.15) is 11.6 Å². The van der Waals surface area contributed by atoms with E-state index in [9.17, 15) is 26.3 Å². The summed E-state index contributed by atoms with van der Waals surface area (Å²) in [6.07, 6.45) is -13.0. The number of ether oxygens (including phenoxy) is 2. The molecule has 0 aliphatic heterocycles. The molecule has 0 amide bonds. The molecule has 0 aliphatic carbocycles. The minimum absolute atomic E-state index is 0.208. The van der Waals surface area contributed by atoms with Gasteiger partial charge in [-0.25, -0.2) is 0 Å². The molecule has 0 saturated carbocycles. The van der Waals surface area contributed by atoms with Gasteiger partial charge in [0.15, 0.2) is 6.10 Å². The smallest absolute Gasteiger partial charge is 0.496 e. The molecule has 1 rings (SSSR count). The van der Waals surface area contributed by atoms with Crippen molar-refractivity contribution < 1.29 is 40.9 Å². The molecule has 10 heteroatoms. The van der Waals surface area contributed by atoms with Crippen molar-refractivity contribution >= 4 is 0 Å². The first-order chi connectivity index (χ1) is 9.45. The SMILES string of the molecule is COc1ccc(OC(F)(F)F)cc1[C@@H](N)[C@@H](O)C(F)(F)F. The van der Waals surface area contributed by atoms with Gasteiger partial charge in [-0.2, -0.15) is 13.2 Å². The van der Waals surface area contributed by atoms with E-state index in [1.165, 1.54) is 0 Å². The predicted octanol–water partition coefficient (Wildman–Crippen LogP) is 2.52. The number of alkyl halides is 6. The number of aliphatic hydroxyl groups is 1. The van der Waals surface area contributed by atoms with Gasteiger partial charge in [0, 0.05) is 5.56 Å². The highest BCUT2D eigenvalue weighted by atomic mass is 19.4. The summed E-state index contributed by atoms with van der Waals surface area (Å²) in [6, 6.07) is 0.408. The van der Waals surface area contributed by atoms with Crippen LogP contribution >= 0.6 is 0 Å². The molecule has 1 aromatic carbocycles. The lowest BCUT2D eigenvalue weighted by molar-refractivity contribution is -0.274. The normalized spacial score (nSPS) is 15.5. The summed E-state index contributed by atoms with van der Waals surface area (Å²) in [5.41, 5.74) is 4.78. The van der Waals surface area contributed by atoms with Gasteiger partial charge in [-0.15, -0.1) is 13.2 Å². The predicted molar refractivity (Wildman–Crippen MR) is 58.7 cm³/mol. The molecule has 0 spiro atoms. The Bertz CT molecular complexity index is 488. The van der Waals surface area contributed by atoms with Crippen molar-refractivity contribution in [2.24, 2.45) is 5.73 Å². The zero-order chi connectivity index (χ0) is 16.4. The zero-order valence-corrected chi connectivity index (χ0v) is 10.5. The Morgan fingerprint density at radius 2 is 1.71 bits per heavy atom. The Kier molecular flexibility index (Phi) is 4.95. The fourth-order valence-corrected chi connectivity index (χ4v) is 1.54. The molecule has 0 unspecified atom stereocenters. The average molecular weight is 319 g/mol. The monoisotopic (exact) mass is 319 g/mol. The number of methoxy groups -OCH3 is 1. The van der Waals surface area contributed by atoms with E-state index in [2.05, 4.69) is 4.74 Å². The molecule has 0 bridgehead atoms. The van der Waals surface area contributed by atoms with E-state index in [-0.39, 0.29) is 5.75 Å². The summed E-state index contributed by atoms with van der Waals surface area (Å²) < 4.78 is 81.8. The number of hydrogen-bond donors (Lipinski definition) is 2. The molecule has 0 radical (unpaired) electrons. The standard InChI is InChI=1S/C11H11F6NO3/c1-20-7-3-2-5(21-11(15,16)17)4-6(7)8(18)9(19)10(12,13)14/h2-4,8-9,19H,18H2,1H3/t8-,9-/m1/s1.